The zero-order valence-electron chi connectivity index (χ0n) is 11.7. The number of carbonyl (C=O) groups is 2. The average Bonchev–Trinajstić information content (AvgIpc) is 2.79. The third-order valence-electron chi connectivity index (χ3n) is 3.18. The fraction of sp³-hybridized carbons (Fsp3) is 0.462. The molecule has 0 radical (unpaired) electrons. The molecule has 0 aliphatic carbocycles. The monoisotopic (exact) mass is 317 g/mol. The summed E-state index contributed by atoms with van der Waals surface area (Å²) in [6.07, 6.45) is -3.25. The fourth-order valence-corrected chi connectivity index (χ4v) is 2.20. The number of methoxy groups -OCH3 is 1. The fourth-order valence-electron chi connectivity index (χ4n) is 2.20. The van der Waals surface area contributed by atoms with Crippen molar-refractivity contribution in [2.75, 3.05) is 25.5 Å². The number of hydrogen-bond donors (Lipinski definition) is 1. The highest BCUT2D eigenvalue weighted by atomic mass is 19.4. The van der Waals surface area contributed by atoms with Crippen LogP contribution in [0, 0.1) is 5.92 Å². The Labute approximate surface area is 124 Å². The molecule has 0 bridgehead atoms. The van der Waals surface area contributed by atoms with Gasteiger partial charge in [0.1, 0.15) is 12.2 Å². The number of carbonyl (C=O) groups excluding carboxylic acids is 2. The zero-order chi connectivity index (χ0) is 16.3. The molecule has 0 unspecified atom stereocenters. The Hall–Kier alpha value is -2.32. The molecular formula is C13H14F3N3O3. The van der Waals surface area contributed by atoms with Crippen molar-refractivity contribution in [2.45, 2.75) is 12.6 Å². The Morgan fingerprint density at radius 2 is 2.27 bits per heavy atom. The molecule has 1 aliphatic rings. The molecular weight excluding hydrogens is 303 g/mol. The third-order valence-corrected chi connectivity index (χ3v) is 3.18. The van der Waals surface area contributed by atoms with Gasteiger partial charge in [-0.2, -0.15) is 13.2 Å². The highest BCUT2D eigenvalue weighted by molar-refractivity contribution is 5.97. The lowest BCUT2D eigenvalue weighted by Crippen LogP contribution is -2.36. The normalized spacial score (nSPS) is 18.5. The van der Waals surface area contributed by atoms with Crippen LogP contribution in [0.4, 0.5) is 18.9 Å². The Morgan fingerprint density at radius 1 is 1.55 bits per heavy atom. The van der Waals surface area contributed by atoms with E-state index in [0.29, 0.717) is 10.6 Å². The predicted molar refractivity (Wildman–Crippen MR) is 70.2 cm³/mol. The van der Waals surface area contributed by atoms with Gasteiger partial charge < -0.3 is 15.0 Å². The number of alkyl halides is 3. The molecule has 1 atom stereocenters. The Bertz CT molecular complexity index is 577. The van der Waals surface area contributed by atoms with E-state index >= 15 is 0 Å². The maximum Gasteiger partial charge on any atom is 0.406 e. The summed E-state index contributed by atoms with van der Waals surface area (Å²) in [7, 11) is 1.38. The van der Waals surface area contributed by atoms with Crippen molar-refractivity contribution in [3.63, 3.8) is 0 Å². The molecule has 1 aliphatic heterocycles. The Balaban J connectivity index is 2.01. The van der Waals surface area contributed by atoms with Gasteiger partial charge in [-0.25, -0.2) is 4.98 Å². The van der Waals surface area contributed by atoms with E-state index in [-0.39, 0.29) is 18.8 Å². The number of halogens is 3. The van der Waals surface area contributed by atoms with Gasteiger partial charge in [-0.1, -0.05) is 0 Å². The van der Waals surface area contributed by atoms with Crippen LogP contribution in [0.25, 0.3) is 0 Å². The number of amides is 2. The first kappa shape index (κ1) is 16.1. The number of likely N-dealkylation sites (tertiary alicyclic amines) is 1. The summed E-state index contributed by atoms with van der Waals surface area (Å²) in [4.78, 5) is 28.2. The lowest BCUT2D eigenvalue weighted by molar-refractivity contribution is -0.157. The second-order valence-corrected chi connectivity index (χ2v) is 4.84. The quantitative estimate of drug-likeness (QED) is 0.912. The van der Waals surface area contributed by atoms with E-state index in [9.17, 15) is 22.8 Å². The largest absolute Gasteiger partial charge is 0.480 e. The van der Waals surface area contributed by atoms with Crippen molar-refractivity contribution in [1.29, 1.82) is 0 Å². The Morgan fingerprint density at radius 3 is 2.91 bits per heavy atom. The number of nitrogens with one attached hydrogen (secondary N) is 1. The van der Waals surface area contributed by atoms with Gasteiger partial charge in [0, 0.05) is 19.2 Å². The van der Waals surface area contributed by atoms with Crippen LogP contribution in [0.1, 0.15) is 6.42 Å². The van der Waals surface area contributed by atoms with Gasteiger partial charge in [-0.15, -0.1) is 0 Å². The van der Waals surface area contributed by atoms with Gasteiger partial charge in [-0.05, 0) is 12.1 Å². The van der Waals surface area contributed by atoms with Gasteiger partial charge in [0.2, 0.25) is 17.7 Å². The van der Waals surface area contributed by atoms with Crippen molar-refractivity contribution in [3.05, 3.63) is 18.3 Å². The van der Waals surface area contributed by atoms with E-state index in [0.717, 1.165) is 0 Å². The number of rotatable bonds is 4. The van der Waals surface area contributed by atoms with Crippen LogP contribution >= 0.6 is 0 Å². The molecule has 0 saturated carbocycles. The van der Waals surface area contributed by atoms with Gasteiger partial charge in [-0.3, -0.25) is 9.59 Å². The molecule has 22 heavy (non-hydrogen) atoms. The highest BCUT2D eigenvalue weighted by Crippen LogP contribution is 2.26. The van der Waals surface area contributed by atoms with Crippen molar-refractivity contribution < 1.29 is 27.5 Å². The lowest BCUT2D eigenvalue weighted by atomic mass is 10.1. The van der Waals surface area contributed by atoms with Gasteiger partial charge in [0.05, 0.1) is 13.0 Å². The van der Waals surface area contributed by atoms with Gasteiger partial charge in [0.15, 0.2) is 0 Å². The molecule has 2 heterocycles. The van der Waals surface area contributed by atoms with Gasteiger partial charge in [0.25, 0.3) is 0 Å². The molecule has 1 N–H and O–H groups in total. The molecule has 2 rings (SSSR count). The number of pyridine rings is 1. The zero-order valence-corrected chi connectivity index (χ0v) is 11.7. The first-order valence-electron chi connectivity index (χ1n) is 6.44. The summed E-state index contributed by atoms with van der Waals surface area (Å²) in [6.45, 7) is -1.60. The van der Waals surface area contributed by atoms with Crippen LogP contribution in [0.15, 0.2) is 18.3 Å². The maximum absolute atomic E-state index is 12.3. The number of aromatic nitrogens is 1. The molecule has 1 aromatic rings. The molecule has 1 aromatic heterocycles. The molecule has 0 spiro atoms. The summed E-state index contributed by atoms with van der Waals surface area (Å²) < 4.78 is 42.0. The number of nitrogens with zero attached hydrogens (tertiary/aromatic N) is 2. The smallest absolute Gasteiger partial charge is 0.406 e. The predicted octanol–water partition coefficient (Wildman–Crippen LogP) is 1.44. The number of hydrogen-bond acceptors (Lipinski definition) is 4. The topological polar surface area (TPSA) is 71.5 Å². The van der Waals surface area contributed by atoms with Crippen LogP contribution in [0.3, 0.4) is 0 Å². The summed E-state index contributed by atoms with van der Waals surface area (Å²) in [5.74, 6) is -1.87. The number of ether oxygens (including phenoxy) is 1. The minimum Gasteiger partial charge on any atom is -0.480 e. The first-order chi connectivity index (χ1) is 10.3. The molecule has 0 aromatic carbocycles. The summed E-state index contributed by atoms with van der Waals surface area (Å²) >= 11 is 0. The molecule has 6 nitrogen and oxygen atoms in total. The summed E-state index contributed by atoms with van der Waals surface area (Å²) in [5.41, 5.74) is 0.303. The molecule has 1 saturated heterocycles. The highest BCUT2D eigenvalue weighted by Gasteiger charge is 2.40. The summed E-state index contributed by atoms with van der Waals surface area (Å²) in [5, 5.41) is 2.52. The minimum absolute atomic E-state index is 0.187. The standard InChI is InChI=1S/C13H14F3N3O3/c1-22-12-9(3-2-4-17-12)18-11(21)8-5-10(20)19(6-8)7-13(14,15)16/h2-4,8H,5-7H2,1H3,(H,18,21)/t8-/m0/s1. The van der Waals surface area contributed by atoms with Crippen molar-refractivity contribution in [2.24, 2.45) is 5.92 Å². The van der Waals surface area contributed by atoms with Crippen molar-refractivity contribution in [3.8, 4) is 5.88 Å². The second kappa shape index (κ2) is 6.20. The van der Waals surface area contributed by atoms with Crippen LogP contribution in [0.5, 0.6) is 5.88 Å². The van der Waals surface area contributed by atoms with Crippen molar-refractivity contribution >= 4 is 17.5 Å². The third kappa shape index (κ3) is 3.86. The first-order valence-corrected chi connectivity index (χ1v) is 6.44. The molecule has 9 heteroatoms. The van der Waals surface area contributed by atoms with E-state index in [1.807, 2.05) is 0 Å². The Kier molecular flexibility index (Phi) is 4.53. The van der Waals surface area contributed by atoms with E-state index in [2.05, 4.69) is 10.3 Å². The lowest BCUT2D eigenvalue weighted by Gasteiger charge is -2.18. The number of anilines is 1. The van der Waals surface area contributed by atoms with E-state index in [1.54, 1.807) is 12.1 Å². The van der Waals surface area contributed by atoms with E-state index in [4.69, 9.17) is 4.74 Å². The molecule has 1 fully saturated rings. The second-order valence-electron chi connectivity index (χ2n) is 4.84. The van der Waals surface area contributed by atoms with Crippen LogP contribution in [-0.4, -0.2) is 48.1 Å². The van der Waals surface area contributed by atoms with Crippen molar-refractivity contribution in [1.82, 2.24) is 9.88 Å². The van der Waals surface area contributed by atoms with E-state index in [1.165, 1.54) is 13.3 Å². The minimum atomic E-state index is -4.48. The SMILES string of the molecule is COc1ncccc1NC(=O)[C@H]1CC(=O)N(CC(F)(F)F)C1. The maximum atomic E-state index is 12.3. The molecule has 2 amide bonds. The van der Waals surface area contributed by atoms with Crippen LogP contribution < -0.4 is 10.1 Å². The summed E-state index contributed by atoms with van der Waals surface area (Å²) in [6, 6.07) is 3.13. The van der Waals surface area contributed by atoms with E-state index < -0.39 is 30.5 Å². The average molecular weight is 317 g/mol. The van der Waals surface area contributed by atoms with Crippen LogP contribution in [0.2, 0.25) is 0 Å². The van der Waals surface area contributed by atoms with Crippen LogP contribution in [-0.2, 0) is 9.59 Å². The van der Waals surface area contributed by atoms with Gasteiger partial charge >= 0.3 is 6.18 Å². The molecule has 120 valence electrons.